The van der Waals surface area contributed by atoms with Gasteiger partial charge < -0.3 is 14.6 Å². The van der Waals surface area contributed by atoms with E-state index in [2.05, 4.69) is 0 Å². The van der Waals surface area contributed by atoms with Crippen LogP contribution >= 0.6 is 0 Å². The van der Waals surface area contributed by atoms with Crippen LogP contribution in [0.15, 0.2) is 0 Å². The second kappa shape index (κ2) is 5.94. The molecule has 0 aromatic carbocycles. The van der Waals surface area contributed by atoms with Crippen LogP contribution < -0.4 is 0 Å². The summed E-state index contributed by atoms with van der Waals surface area (Å²) in [7, 11) is 0. The highest BCUT2D eigenvalue weighted by atomic mass is 16.6. The monoisotopic (exact) mass is 188 g/mol. The molecule has 0 radical (unpaired) electrons. The van der Waals surface area contributed by atoms with Crippen molar-refractivity contribution in [3.63, 3.8) is 0 Å². The lowest BCUT2D eigenvalue weighted by atomic mass is 10.1. The summed E-state index contributed by atoms with van der Waals surface area (Å²) in [4.78, 5) is 10.2. The van der Waals surface area contributed by atoms with Gasteiger partial charge in [-0.25, -0.2) is 0 Å². The van der Waals surface area contributed by atoms with Gasteiger partial charge in [-0.2, -0.15) is 0 Å². The topological polar surface area (TPSA) is 55.8 Å². The third kappa shape index (κ3) is 4.85. The van der Waals surface area contributed by atoms with Crippen molar-refractivity contribution in [3.8, 4) is 0 Å². The summed E-state index contributed by atoms with van der Waals surface area (Å²) in [6.07, 6.45) is 2.98. The first-order chi connectivity index (χ1) is 6.29. The quantitative estimate of drug-likeness (QED) is 0.655. The minimum Gasteiger partial charge on any atom is -0.481 e. The van der Waals surface area contributed by atoms with Gasteiger partial charge >= 0.3 is 5.97 Å². The maximum atomic E-state index is 10.2. The Morgan fingerprint density at radius 3 is 2.85 bits per heavy atom. The first-order valence-electron chi connectivity index (χ1n) is 4.70. The fourth-order valence-electron chi connectivity index (χ4n) is 1.35. The number of carbonyl (C=O) groups is 1. The number of rotatable bonds is 5. The van der Waals surface area contributed by atoms with Crippen LogP contribution in [0, 0.1) is 0 Å². The summed E-state index contributed by atoms with van der Waals surface area (Å²) in [6, 6.07) is 0. The van der Waals surface area contributed by atoms with E-state index in [1.807, 2.05) is 0 Å². The molecular formula is C9H16O4. The number of hydrogen-bond donors (Lipinski definition) is 1. The molecule has 1 unspecified atom stereocenters. The molecule has 1 rings (SSSR count). The number of hydrogen-bond acceptors (Lipinski definition) is 3. The van der Waals surface area contributed by atoms with Crippen LogP contribution in [0.1, 0.15) is 25.7 Å². The minimum atomic E-state index is -0.721. The number of carboxylic acids is 1. The van der Waals surface area contributed by atoms with Crippen molar-refractivity contribution < 1.29 is 19.4 Å². The van der Waals surface area contributed by atoms with Crippen molar-refractivity contribution in [1.29, 1.82) is 0 Å². The summed E-state index contributed by atoms with van der Waals surface area (Å²) < 4.78 is 10.6. The number of aliphatic carboxylic acids is 1. The average Bonchev–Trinajstić information content (AvgIpc) is 2.14. The maximum absolute atomic E-state index is 10.2. The summed E-state index contributed by atoms with van der Waals surface area (Å²) in [6.45, 7) is 2.02. The van der Waals surface area contributed by atoms with Crippen molar-refractivity contribution in [1.82, 2.24) is 0 Å². The van der Waals surface area contributed by atoms with Crippen LogP contribution in [0.25, 0.3) is 0 Å². The molecular weight excluding hydrogens is 172 g/mol. The van der Waals surface area contributed by atoms with Crippen molar-refractivity contribution in [2.24, 2.45) is 0 Å². The van der Waals surface area contributed by atoms with Gasteiger partial charge in [0.05, 0.1) is 25.9 Å². The van der Waals surface area contributed by atoms with E-state index in [9.17, 15) is 4.79 Å². The van der Waals surface area contributed by atoms with Gasteiger partial charge in [-0.05, 0) is 12.8 Å². The Hall–Kier alpha value is -0.610. The highest BCUT2D eigenvalue weighted by molar-refractivity contribution is 5.66. The fraction of sp³-hybridized carbons (Fsp3) is 0.889. The zero-order valence-corrected chi connectivity index (χ0v) is 7.70. The van der Waals surface area contributed by atoms with E-state index in [0.29, 0.717) is 19.8 Å². The Bertz CT molecular complexity index is 152. The predicted octanol–water partition coefficient (Wildman–Crippen LogP) is 1.05. The molecule has 0 aliphatic carbocycles. The van der Waals surface area contributed by atoms with Crippen molar-refractivity contribution in [3.05, 3.63) is 0 Å². The highest BCUT2D eigenvalue weighted by Gasteiger charge is 2.13. The Labute approximate surface area is 77.8 Å². The SMILES string of the molecule is O=C(O)CCCCC1COCCO1. The first kappa shape index (κ1) is 10.5. The van der Waals surface area contributed by atoms with Crippen LogP contribution in [0.5, 0.6) is 0 Å². The minimum absolute atomic E-state index is 0.183. The van der Waals surface area contributed by atoms with Crippen molar-refractivity contribution >= 4 is 5.97 Å². The standard InChI is InChI=1S/C9H16O4/c10-9(11)4-2-1-3-8-7-12-5-6-13-8/h8H,1-7H2,(H,10,11). The second-order valence-electron chi connectivity index (χ2n) is 3.21. The van der Waals surface area contributed by atoms with E-state index in [1.54, 1.807) is 0 Å². The highest BCUT2D eigenvalue weighted by Crippen LogP contribution is 2.10. The van der Waals surface area contributed by atoms with E-state index in [0.717, 1.165) is 19.3 Å². The Morgan fingerprint density at radius 1 is 1.38 bits per heavy atom. The molecule has 1 fully saturated rings. The van der Waals surface area contributed by atoms with E-state index in [1.165, 1.54) is 0 Å². The molecule has 1 aliphatic heterocycles. The van der Waals surface area contributed by atoms with Crippen molar-refractivity contribution in [2.75, 3.05) is 19.8 Å². The third-order valence-corrected chi connectivity index (χ3v) is 2.05. The number of carboxylic acid groups (broad SMARTS) is 1. The van der Waals surface area contributed by atoms with Crippen LogP contribution in [-0.2, 0) is 14.3 Å². The molecule has 0 aromatic heterocycles. The van der Waals surface area contributed by atoms with E-state index < -0.39 is 5.97 Å². The Kier molecular flexibility index (Phi) is 4.78. The van der Waals surface area contributed by atoms with Crippen LogP contribution in [0.4, 0.5) is 0 Å². The summed E-state index contributed by atoms with van der Waals surface area (Å²) in [5.74, 6) is -0.721. The molecule has 4 nitrogen and oxygen atoms in total. The molecule has 76 valence electrons. The molecule has 1 atom stereocenters. The molecule has 1 aliphatic rings. The Morgan fingerprint density at radius 2 is 2.23 bits per heavy atom. The van der Waals surface area contributed by atoms with E-state index in [4.69, 9.17) is 14.6 Å². The smallest absolute Gasteiger partial charge is 0.303 e. The third-order valence-electron chi connectivity index (χ3n) is 2.05. The van der Waals surface area contributed by atoms with E-state index >= 15 is 0 Å². The van der Waals surface area contributed by atoms with Gasteiger partial charge in [-0.1, -0.05) is 6.42 Å². The van der Waals surface area contributed by atoms with Crippen LogP contribution in [0.3, 0.4) is 0 Å². The predicted molar refractivity (Wildman–Crippen MR) is 46.7 cm³/mol. The molecule has 0 spiro atoms. The molecule has 0 saturated carbocycles. The molecule has 4 heteroatoms. The Balaban J connectivity index is 1.95. The average molecular weight is 188 g/mol. The zero-order chi connectivity index (χ0) is 9.52. The molecule has 0 bridgehead atoms. The number of unbranched alkanes of at least 4 members (excludes halogenated alkanes) is 1. The fourth-order valence-corrected chi connectivity index (χ4v) is 1.35. The lowest BCUT2D eigenvalue weighted by Gasteiger charge is -2.22. The zero-order valence-electron chi connectivity index (χ0n) is 7.70. The normalized spacial score (nSPS) is 22.9. The van der Waals surface area contributed by atoms with Gasteiger partial charge in [0, 0.05) is 6.42 Å². The summed E-state index contributed by atoms with van der Waals surface area (Å²) in [5.41, 5.74) is 0. The van der Waals surface area contributed by atoms with E-state index in [-0.39, 0.29) is 12.5 Å². The maximum Gasteiger partial charge on any atom is 0.303 e. The largest absolute Gasteiger partial charge is 0.481 e. The molecule has 0 aromatic rings. The van der Waals surface area contributed by atoms with Gasteiger partial charge in [-0.15, -0.1) is 0 Å². The molecule has 1 N–H and O–H groups in total. The molecule has 0 amide bonds. The number of ether oxygens (including phenoxy) is 2. The van der Waals surface area contributed by atoms with Gasteiger partial charge in [0.15, 0.2) is 0 Å². The van der Waals surface area contributed by atoms with Gasteiger partial charge in [0.25, 0.3) is 0 Å². The second-order valence-corrected chi connectivity index (χ2v) is 3.21. The lowest BCUT2D eigenvalue weighted by molar-refractivity contribution is -0.137. The summed E-state index contributed by atoms with van der Waals surface area (Å²) >= 11 is 0. The molecule has 1 heterocycles. The first-order valence-corrected chi connectivity index (χ1v) is 4.70. The van der Waals surface area contributed by atoms with Crippen molar-refractivity contribution in [2.45, 2.75) is 31.8 Å². The van der Waals surface area contributed by atoms with Crippen LogP contribution in [-0.4, -0.2) is 37.0 Å². The van der Waals surface area contributed by atoms with Gasteiger partial charge in [0.1, 0.15) is 0 Å². The lowest BCUT2D eigenvalue weighted by Crippen LogP contribution is -2.28. The van der Waals surface area contributed by atoms with Crippen LogP contribution in [0.2, 0.25) is 0 Å². The summed E-state index contributed by atoms with van der Waals surface area (Å²) in [5, 5.41) is 8.39. The molecule has 1 saturated heterocycles. The molecule has 13 heavy (non-hydrogen) atoms. The van der Waals surface area contributed by atoms with Gasteiger partial charge in [0.2, 0.25) is 0 Å². The van der Waals surface area contributed by atoms with Gasteiger partial charge in [-0.3, -0.25) is 4.79 Å².